The Morgan fingerprint density at radius 1 is 1.28 bits per heavy atom. The molecular formula is C15H18F3N3O4. The third kappa shape index (κ3) is 6.48. The normalized spacial score (nSPS) is 20.6. The lowest BCUT2D eigenvalue weighted by Gasteiger charge is -2.26. The van der Waals surface area contributed by atoms with Crippen molar-refractivity contribution < 1.29 is 32.6 Å². The van der Waals surface area contributed by atoms with Gasteiger partial charge in [0.1, 0.15) is 0 Å². The van der Waals surface area contributed by atoms with E-state index in [0.29, 0.717) is 25.7 Å². The average molecular weight is 361 g/mol. The van der Waals surface area contributed by atoms with Crippen molar-refractivity contribution in [3.05, 3.63) is 18.3 Å². The number of aliphatic carboxylic acids is 1. The molecule has 0 atom stereocenters. The standard InChI is InChI=1S/C15H18F3N3O4/c16-15(17,18)8-25-12-7-11(5-6-19-12)21-14(24)20-10-3-1-9(2-4-10)13(22)23/h5-7,9-10H,1-4,8H2,(H,22,23)(H2,19,20,21,24). The predicted molar refractivity (Wildman–Crippen MR) is 81.3 cm³/mol. The summed E-state index contributed by atoms with van der Waals surface area (Å²) in [6.45, 7) is -1.47. The smallest absolute Gasteiger partial charge is 0.422 e. The summed E-state index contributed by atoms with van der Waals surface area (Å²) in [6, 6.07) is 1.94. The van der Waals surface area contributed by atoms with Crippen LogP contribution in [0.15, 0.2) is 18.3 Å². The third-order valence-corrected chi connectivity index (χ3v) is 3.79. The van der Waals surface area contributed by atoms with Crippen molar-refractivity contribution in [3.8, 4) is 5.88 Å². The second kappa shape index (κ2) is 8.04. The van der Waals surface area contributed by atoms with Crippen LogP contribution in [-0.2, 0) is 4.79 Å². The Labute approximate surface area is 141 Å². The van der Waals surface area contributed by atoms with Gasteiger partial charge in [0.05, 0.1) is 5.92 Å². The van der Waals surface area contributed by atoms with Gasteiger partial charge in [0.15, 0.2) is 6.61 Å². The van der Waals surface area contributed by atoms with Crippen molar-refractivity contribution in [2.45, 2.75) is 37.9 Å². The summed E-state index contributed by atoms with van der Waals surface area (Å²) in [5, 5.41) is 14.1. The summed E-state index contributed by atoms with van der Waals surface area (Å²) in [5.41, 5.74) is 0.240. The predicted octanol–water partition coefficient (Wildman–Crippen LogP) is 2.79. The largest absolute Gasteiger partial charge is 0.481 e. The molecule has 10 heteroatoms. The maximum atomic E-state index is 12.1. The molecule has 25 heavy (non-hydrogen) atoms. The number of hydrogen-bond donors (Lipinski definition) is 3. The number of halogens is 3. The van der Waals surface area contributed by atoms with E-state index in [2.05, 4.69) is 20.4 Å². The molecule has 138 valence electrons. The van der Waals surface area contributed by atoms with Crippen LogP contribution in [0.4, 0.5) is 23.7 Å². The lowest BCUT2D eigenvalue weighted by atomic mass is 9.86. The highest BCUT2D eigenvalue weighted by atomic mass is 19.4. The number of carbonyl (C=O) groups is 2. The van der Waals surface area contributed by atoms with Gasteiger partial charge in [-0.3, -0.25) is 4.79 Å². The fourth-order valence-corrected chi connectivity index (χ4v) is 2.56. The number of ether oxygens (including phenoxy) is 1. The molecule has 0 aromatic carbocycles. The van der Waals surface area contributed by atoms with Gasteiger partial charge in [0.2, 0.25) is 5.88 Å². The molecule has 0 aliphatic heterocycles. The first-order valence-electron chi connectivity index (χ1n) is 7.69. The Balaban J connectivity index is 1.81. The van der Waals surface area contributed by atoms with E-state index < -0.39 is 24.8 Å². The molecule has 2 amide bonds. The number of alkyl halides is 3. The van der Waals surface area contributed by atoms with Crippen molar-refractivity contribution >= 4 is 17.7 Å². The number of anilines is 1. The minimum atomic E-state index is -4.47. The number of carboxylic acids is 1. The van der Waals surface area contributed by atoms with Crippen LogP contribution in [0, 0.1) is 5.92 Å². The molecule has 7 nitrogen and oxygen atoms in total. The molecule has 1 saturated carbocycles. The van der Waals surface area contributed by atoms with E-state index in [9.17, 15) is 22.8 Å². The van der Waals surface area contributed by atoms with Crippen molar-refractivity contribution in [3.63, 3.8) is 0 Å². The maximum absolute atomic E-state index is 12.1. The summed E-state index contributed by atoms with van der Waals surface area (Å²) < 4.78 is 40.9. The van der Waals surface area contributed by atoms with Crippen LogP contribution >= 0.6 is 0 Å². The summed E-state index contributed by atoms with van der Waals surface area (Å²) in [7, 11) is 0. The number of carboxylic acid groups (broad SMARTS) is 1. The Bertz CT molecular complexity index is 616. The number of nitrogens with zero attached hydrogens (tertiary/aromatic N) is 1. The molecule has 1 aliphatic rings. The topological polar surface area (TPSA) is 101 Å². The molecule has 1 aliphatic carbocycles. The van der Waals surface area contributed by atoms with Gasteiger partial charge in [0, 0.05) is 24.0 Å². The van der Waals surface area contributed by atoms with E-state index in [1.807, 2.05) is 0 Å². The summed E-state index contributed by atoms with van der Waals surface area (Å²) >= 11 is 0. The fraction of sp³-hybridized carbons (Fsp3) is 0.533. The lowest BCUT2D eigenvalue weighted by Crippen LogP contribution is -2.41. The van der Waals surface area contributed by atoms with E-state index in [1.54, 1.807) is 0 Å². The van der Waals surface area contributed by atoms with Crippen molar-refractivity contribution in [2.75, 3.05) is 11.9 Å². The number of amides is 2. The molecule has 1 aromatic rings. The van der Waals surface area contributed by atoms with Crippen molar-refractivity contribution in [1.29, 1.82) is 0 Å². The molecule has 0 radical (unpaired) electrons. The highest BCUT2D eigenvalue weighted by Crippen LogP contribution is 2.24. The van der Waals surface area contributed by atoms with Gasteiger partial charge in [-0.05, 0) is 31.7 Å². The lowest BCUT2D eigenvalue weighted by molar-refractivity contribution is -0.154. The van der Waals surface area contributed by atoms with Crippen LogP contribution in [-0.4, -0.2) is 40.9 Å². The highest BCUT2D eigenvalue weighted by Gasteiger charge is 2.29. The quantitative estimate of drug-likeness (QED) is 0.749. The SMILES string of the molecule is O=C(Nc1ccnc(OCC(F)(F)F)c1)NC1CCC(C(=O)O)CC1. The van der Waals surface area contributed by atoms with Gasteiger partial charge in [-0.1, -0.05) is 0 Å². The third-order valence-electron chi connectivity index (χ3n) is 3.79. The zero-order valence-electron chi connectivity index (χ0n) is 13.2. The van der Waals surface area contributed by atoms with E-state index in [4.69, 9.17) is 5.11 Å². The first-order valence-corrected chi connectivity index (χ1v) is 7.69. The van der Waals surface area contributed by atoms with Crippen LogP contribution in [0.3, 0.4) is 0 Å². The molecule has 0 spiro atoms. The molecule has 2 rings (SSSR count). The Hall–Kier alpha value is -2.52. The maximum Gasteiger partial charge on any atom is 0.422 e. The Morgan fingerprint density at radius 2 is 1.96 bits per heavy atom. The zero-order valence-corrected chi connectivity index (χ0v) is 13.2. The van der Waals surface area contributed by atoms with E-state index in [0.717, 1.165) is 0 Å². The number of aromatic nitrogens is 1. The van der Waals surface area contributed by atoms with Crippen LogP contribution < -0.4 is 15.4 Å². The first kappa shape index (κ1) is 18.8. The van der Waals surface area contributed by atoms with Crippen molar-refractivity contribution in [1.82, 2.24) is 10.3 Å². The first-order chi connectivity index (χ1) is 11.7. The molecule has 1 heterocycles. The van der Waals surface area contributed by atoms with Crippen LogP contribution in [0.1, 0.15) is 25.7 Å². The zero-order chi connectivity index (χ0) is 18.4. The van der Waals surface area contributed by atoms with Gasteiger partial charge < -0.3 is 20.5 Å². The second-order valence-corrected chi connectivity index (χ2v) is 5.77. The van der Waals surface area contributed by atoms with Crippen LogP contribution in [0.2, 0.25) is 0 Å². The summed E-state index contributed by atoms with van der Waals surface area (Å²) in [4.78, 5) is 26.5. The molecule has 0 bridgehead atoms. The number of hydrogen-bond acceptors (Lipinski definition) is 4. The average Bonchev–Trinajstić information content (AvgIpc) is 2.53. The monoisotopic (exact) mass is 361 g/mol. The minimum absolute atomic E-state index is 0.140. The Kier molecular flexibility index (Phi) is 6.05. The van der Waals surface area contributed by atoms with E-state index in [-0.39, 0.29) is 23.5 Å². The van der Waals surface area contributed by atoms with Crippen LogP contribution in [0.25, 0.3) is 0 Å². The summed E-state index contributed by atoms with van der Waals surface area (Å²) in [5.74, 6) is -1.46. The van der Waals surface area contributed by atoms with Crippen molar-refractivity contribution in [2.24, 2.45) is 5.92 Å². The number of carbonyl (C=O) groups excluding carboxylic acids is 1. The van der Waals surface area contributed by atoms with Gasteiger partial charge in [-0.15, -0.1) is 0 Å². The van der Waals surface area contributed by atoms with Gasteiger partial charge in [-0.25, -0.2) is 9.78 Å². The minimum Gasteiger partial charge on any atom is -0.481 e. The van der Waals surface area contributed by atoms with E-state index >= 15 is 0 Å². The van der Waals surface area contributed by atoms with Gasteiger partial charge >= 0.3 is 18.2 Å². The molecule has 1 aromatic heterocycles. The Morgan fingerprint density at radius 3 is 2.56 bits per heavy atom. The molecule has 0 saturated heterocycles. The number of nitrogens with one attached hydrogen (secondary N) is 2. The summed E-state index contributed by atoms with van der Waals surface area (Å²) in [6.07, 6.45) is -1.16. The fourth-order valence-electron chi connectivity index (χ4n) is 2.56. The molecular weight excluding hydrogens is 343 g/mol. The molecule has 3 N–H and O–H groups in total. The molecule has 0 unspecified atom stereocenters. The number of rotatable bonds is 5. The molecule has 1 fully saturated rings. The number of urea groups is 1. The number of pyridine rings is 1. The van der Waals surface area contributed by atoms with E-state index in [1.165, 1.54) is 18.3 Å². The highest BCUT2D eigenvalue weighted by molar-refractivity contribution is 5.89. The second-order valence-electron chi connectivity index (χ2n) is 5.77. The van der Waals surface area contributed by atoms with Gasteiger partial charge in [0.25, 0.3) is 0 Å². The van der Waals surface area contributed by atoms with Gasteiger partial charge in [-0.2, -0.15) is 13.2 Å². The van der Waals surface area contributed by atoms with Crippen LogP contribution in [0.5, 0.6) is 5.88 Å².